The predicted molar refractivity (Wildman–Crippen MR) is 38.0 cm³/mol. The molecule has 0 saturated carbocycles. The molecular formula is C6H11BrO. The summed E-state index contributed by atoms with van der Waals surface area (Å²) < 4.78 is 0.0880. The van der Waals surface area contributed by atoms with Crippen LogP contribution in [0.25, 0.3) is 0 Å². The zero-order chi connectivity index (χ0) is 6.78. The summed E-state index contributed by atoms with van der Waals surface area (Å²) in [5.74, 6) is 0. The molecule has 0 fully saturated rings. The molecule has 0 radical (unpaired) electrons. The SMILES string of the molecule is CC(C)(C)CC(=O)Br. The van der Waals surface area contributed by atoms with Crippen molar-refractivity contribution in [2.45, 2.75) is 27.2 Å². The first-order valence-electron chi connectivity index (χ1n) is 2.60. The Bertz CT molecular complexity index is 91.2. The molecule has 0 rings (SSSR count). The van der Waals surface area contributed by atoms with E-state index in [0.717, 1.165) is 0 Å². The summed E-state index contributed by atoms with van der Waals surface area (Å²) in [5, 5.41) is 0. The molecular weight excluding hydrogens is 168 g/mol. The summed E-state index contributed by atoms with van der Waals surface area (Å²) in [6.07, 6.45) is 0.604. The van der Waals surface area contributed by atoms with Crippen molar-refractivity contribution in [3.05, 3.63) is 0 Å². The van der Waals surface area contributed by atoms with E-state index in [1.165, 1.54) is 0 Å². The van der Waals surface area contributed by atoms with Gasteiger partial charge in [0, 0.05) is 6.42 Å². The van der Waals surface area contributed by atoms with E-state index < -0.39 is 0 Å². The van der Waals surface area contributed by atoms with Crippen LogP contribution in [0.2, 0.25) is 0 Å². The van der Waals surface area contributed by atoms with Gasteiger partial charge in [-0.3, -0.25) is 4.79 Å². The quantitative estimate of drug-likeness (QED) is 0.564. The summed E-state index contributed by atoms with van der Waals surface area (Å²) >= 11 is 2.87. The summed E-state index contributed by atoms with van der Waals surface area (Å²) in [5.41, 5.74) is 0.126. The Kier molecular flexibility index (Phi) is 2.67. The van der Waals surface area contributed by atoms with Gasteiger partial charge in [-0.2, -0.15) is 0 Å². The second-order valence-corrected chi connectivity index (χ2v) is 3.98. The molecule has 0 aliphatic carbocycles. The molecule has 0 saturated heterocycles. The van der Waals surface area contributed by atoms with Crippen molar-refractivity contribution in [2.24, 2.45) is 5.41 Å². The van der Waals surface area contributed by atoms with Crippen molar-refractivity contribution < 1.29 is 4.79 Å². The van der Waals surface area contributed by atoms with Crippen molar-refractivity contribution in [3.8, 4) is 0 Å². The first kappa shape index (κ1) is 8.15. The molecule has 0 aromatic heterocycles. The van der Waals surface area contributed by atoms with Gasteiger partial charge in [-0.15, -0.1) is 0 Å². The fourth-order valence-electron chi connectivity index (χ4n) is 0.417. The van der Waals surface area contributed by atoms with Gasteiger partial charge in [-0.1, -0.05) is 20.8 Å². The highest BCUT2D eigenvalue weighted by molar-refractivity contribution is 9.18. The summed E-state index contributed by atoms with van der Waals surface area (Å²) in [6.45, 7) is 6.10. The van der Waals surface area contributed by atoms with E-state index in [1.807, 2.05) is 20.8 Å². The molecule has 0 amide bonds. The molecule has 0 aliphatic rings. The van der Waals surface area contributed by atoms with Gasteiger partial charge < -0.3 is 0 Å². The lowest BCUT2D eigenvalue weighted by Crippen LogP contribution is -2.07. The van der Waals surface area contributed by atoms with E-state index in [4.69, 9.17) is 0 Å². The largest absolute Gasteiger partial charge is 0.287 e. The maximum Gasteiger partial charge on any atom is 0.198 e. The maximum atomic E-state index is 10.4. The molecule has 48 valence electrons. The first-order chi connectivity index (χ1) is 3.42. The Morgan fingerprint density at radius 3 is 1.88 bits per heavy atom. The van der Waals surface area contributed by atoms with Crippen molar-refractivity contribution in [2.75, 3.05) is 0 Å². The van der Waals surface area contributed by atoms with Crippen LogP contribution in [0.1, 0.15) is 27.2 Å². The standard InChI is InChI=1S/C6H11BrO/c1-6(2,3)4-5(7)8/h4H2,1-3H3. The summed E-state index contributed by atoms with van der Waals surface area (Å²) in [6, 6.07) is 0. The Balaban J connectivity index is 3.55. The van der Waals surface area contributed by atoms with Crippen LogP contribution in [0.4, 0.5) is 0 Å². The average Bonchev–Trinajstić information content (AvgIpc) is 1.21. The van der Waals surface area contributed by atoms with Gasteiger partial charge in [0.2, 0.25) is 0 Å². The van der Waals surface area contributed by atoms with E-state index in [9.17, 15) is 4.79 Å². The number of rotatable bonds is 1. The van der Waals surface area contributed by atoms with Crippen LogP contribution in [0.3, 0.4) is 0 Å². The van der Waals surface area contributed by atoms with Gasteiger partial charge in [-0.05, 0) is 21.3 Å². The molecule has 0 aromatic carbocycles. The van der Waals surface area contributed by atoms with Gasteiger partial charge in [0.1, 0.15) is 0 Å². The minimum Gasteiger partial charge on any atom is -0.287 e. The lowest BCUT2D eigenvalue weighted by atomic mass is 9.93. The first-order valence-corrected chi connectivity index (χ1v) is 3.39. The summed E-state index contributed by atoms with van der Waals surface area (Å²) in [7, 11) is 0. The number of hydrogen-bond acceptors (Lipinski definition) is 1. The number of carbonyl (C=O) groups is 1. The number of hydrogen-bond donors (Lipinski definition) is 0. The van der Waals surface area contributed by atoms with E-state index >= 15 is 0 Å². The predicted octanol–water partition coefficient (Wildman–Crippen LogP) is 2.34. The molecule has 0 bridgehead atoms. The van der Waals surface area contributed by atoms with Crippen LogP contribution in [0.5, 0.6) is 0 Å². The van der Waals surface area contributed by atoms with Crippen molar-refractivity contribution in [1.82, 2.24) is 0 Å². The molecule has 1 nitrogen and oxygen atoms in total. The fraction of sp³-hybridized carbons (Fsp3) is 0.833. The highest BCUT2D eigenvalue weighted by atomic mass is 79.9. The van der Waals surface area contributed by atoms with Crippen LogP contribution in [-0.2, 0) is 4.79 Å². The second-order valence-electron chi connectivity index (χ2n) is 3.09. The number of halogens is 1. The normalized spacial score (nSPS) is 11.5. The van der Waals surface area contributed by atoms with Gasteiger partial charge in [0.05, 0.1) is 0 Å². The average molecular weight is 179 g/mol. The topological polar surface area (TPSA) is 17.1 Å². The Hall–Kier alpha value is 0.150. The molecule has 0 heterocycles. The molecule has 2 heteroatoms. The molecule has 0 spiro atoms. The second kappa shape index (κ2) is 2.62. The van der Waals surface area contributed by atoms with Crippen molar-refractivity contribution in [1.29, 1.82) is 0 Å². The Labute approximate surface area is 58.6 Å². The van der Waals surface area contributed by atoms with Crippen LogP contribution in [0, 0.1) is 5.41 Å². The molecule has 0 aromatic rings. The van der Waals surface area contributed by atoms with E-state index in [-0.39, 0.29) is 10.1 Å². The molecule has 0 atom stereocenters. The Morgan fingerprint density at radius 1 is 1.50 bits per heavy atom. The van der Waals surface area contributed by atoms with E-state index in [1.54, 1.807) is 0 Å². The van der Waals surface area contributed by atoms with Crippen molar-refractivity contribution >= 4 is 20.6 Å². The lowest BCUT2D eigenvalue weighted by molar-refractivity contribution is -0.111. The third-order valence-electron chi connectivity index (χ3n) is 0.669. The molecule has 0 N–H and O–H groups in total. The smallest absolute Gasteiger partial charge is 0.198 e. The summed E-state index contributed by atoms with van der Waals surface area (Å²) in [4.78, 5) is 10.4. The van der Waals surface area contributed by atoms with Gasteiger partial charge in [0.25, 0.3) is 0 Å². The fourth-order valence-corrected chi connectivity index (χ4v) is 1.26. The third kappa shape index (κ3) is 6.15. The monoisotopic (exact) mass is 178 g/mol. The lowest BCUT2D eigenvalue weighted by Gasteiger charge is -2.13. The van der Waals surface area contributed by atoms with Gasteiger partial charge in [-0.25, -0.2) is 0 Å². The maximum absolute atomic E-state index is 10.4. The Morgan fingerprint density at radius 2 is 1.88 bits per heavy atom. The minimum absolute atomic E-state index is 0.0880. The zero-order valence-electron chi connectivity index (χ0n) is 5.49. The van der Waals surface area contributed by atoms with Crippen LogP contribution in [-0.4, -0.2) is 4.69 Å². The molecule has 8 heavy (non-hydrogen) atoms. The zero-order valence-corrected chi connectivity index (χ0v) is 7.08. The van der Waals surface area contributed by atoms with Gasteiger partial charge in [0.15, 0.2) is 4.69 Å². The van der Waals surface area contributed by atoms with Crippen molar-refractivity contribution in [3.63, 3.8) is 0 Å². The van der Waals surface area contributed by atoms with Crippen LogP contribution in [0.15, 0.2) is 0 Å². The molecule has 0 unspecified atom stereocenters. The van der Waals surface area contributed by atoms with E-state index in [0.29, 0.717) is 6.42 Å². The third-order valence-corrected chi connectivity index (χ3v) is 0.950. The highest BCUT2D eigenvalue weighted by Crippen LogP contribution is 2.19. The van der Waals surface area contributed by atoms with E-state index in [2.05, 4.69) is 15.9 Å². The number of carbonyl (C=O) groups excluding carboxylic acids is 1. The van der Waals surface area contributed by atoms with Crippen LogP contribution < -0.4 is 0 Å². The van der Waals surface area contributed by atoms with Gasteiger partial charge >= 0.3 is 0 Å². The van der Waals surface area contributed by atoms with Crippen LogP contribution >= 0.6 is 15.9 Å². The minimum atomic E-state index is 0.0880. The molecule has 0 aliphatic heterocycles. The highest BCUT2D eigenvalue weighted by Gasteiger charge is 2.12.